The fourth-order valence-electron chi connectivity index (χ4n) is 3.71. The Bertz CT molecular complexity index is 292. The van der Waals surface area contributed by atoms with Crippen LogP contribution >= 0.6 is 0 Å². The number of rotatable bonds is 2. The van der Waals surface area contributed by atoms with E-state index in [0.29, 0.717) is 0 Å². The van der Waals surface area contributed by atoms with Crippen LogP contribution in [0.5, 0.6) is 0 Å². The molecule has 1 aliphatic heterocycles. The molecule has 0 radical (unpaired) electrons. The van der Waals surface area contributed by atoms with Crippen LogP contribution in [0.4, 0.5) is 0 Å². The molecule has 0 spiro atoms. The number of nitrogens with zero attached hydrogens (tertiary/aromatic N) is 1. The van der Waals surface area contributed by atoms with E-state index >= 15 is 0 Å². The summed E-state index contributed by atoms with van der Waals surface area (Å²) in [5.74, 6) is 1.63. The van der Waals surface area contributed by atoms with E-state index in [-0.39, 0.29) is 11.1 Å². The van der Waals surface area contributed by atoms with Crippen LogP contribution < -0.4 is 5.73 Å². The van der Waals surface area contributed by atoms with Crippen molar-refractivity contribution in [1.29, 1.82) is 0 Å². The molecule has 2 aliphatic rings. The van der Waals surface area contributed by atoms with E-state index in [1.54, 1.807) is 0 Å². The standard InChI is InChI=1S/C15H30N2O/c1-12-5-6-15(10-16,9-13(12)2)17-7-8-18-14(3,4)11-17/h12-13H,5-11,16H2,1-4H3. The Balaban J connectivity index is 2.12. The maximum absolute atomic E-state index is 6.18. The van der Waals surface area contributed by atoms with Crippen molar-refractivity contribution in [3.05, 3.63) is 0 Å². The van der Waals surface area contributed by atoms with Crippen molar-refractivity contribution in [1.82, 2.24) is 4.90 Å². The van der Waals surface area contributed by atoms with Crippen LogP contribution in [-0.4, -0.2) is 42.3 Å². The van der Waals surface area contributed by atoms with E-state index in [9.17, 15) is 0 Å². The highest BCUT2D eigenvalue weighted by Crippen LogP contribution is 2.40. The van der Waals surface area contributed by atoms with Crippen molar-refractivity contribution in [2.24, 2.45) is 17.6 Å². The minimum atomic E-state index is -0.0211. The van der Waals surface area contributed by atoms with Gasteiger partial charge in [0.15, 0.2) is 0 Å². The molecule has 3 heteroatoms. The van der Waals surface area contributed by atoms with Crippen LogP contribution in [0.1, 0.15) is 47.0 Å². The summed E-state index contributed by atoms with van der Waals surface area (Å²) in [4.78, 5) is 2.62. The zero-order valence-corrected chi connectivity index (χ0v) is 12.5. The van der Waals surface area contributed by atoms with E-state index in [0.717, 1.165) is 38.1 Å². The van der Waals surface area contributed by atoms with Crippen molar-refractivity contribution < 1.29 is 4.74 Å². The Morgan fingerprint density at radius 2 is 2.00 bits per heavy atom. The quantitative estimate of drug-likeness (QED) is 0.821. The molecule has 0 aromatic rings. The van der Waals surface area contributed by atoms with Gasteiger partial charge in [0.25, 0.3) is 0 Å². The first-order valence-corrected chi connectivity index (χ1v) is 7.48. The predicted molar refractivity (Wildman–Crippen MR) is 75.6 cm³/mol. The average molecular weight is 254 g/mol. The third kappa shape index (κ3) is 2.73. The summed E-state index contributed by atoms with van der Waals surface area (Å²) in [6.07, 6.45) is 3.82. The van der Waals surface area contributed by atoms with E-state index in [1.165, 1.54) is 19.3 Å². The summed E-state index contributed by atoms with van der Waals surface area (Å²) in [5, 5.41) is 0. The lowest BCUT2D eigenvalue weighted by atomic mass is 9.70. The van der Waals surface area contributed by atoms with Crippen molar-refractivity contribution in [2.75, 3.05) is 26.2 Å². The minimum Gasteiger partial charge on any atom is -0.373 e. The van der Waals surface area contributed by atoms with Gasteiger partial charge in [-0.1, -0.05) is 13.8 Å². The molecule has 0 amide bonds. The molecular formula is C15H30N2O. The monoisotopic (exact) mass is 254 g/mol. The molecular weight excluding hydrogens is 224 g/mol. The van der Waals surface area contributed by atoms with Crippen LogP contribution in [-0.2, 0) is 4.74 Å². The maximum atomic E-state index is 6.18. The van der Waals surface area contributed by atoms with Gasteiger partial charge in [-0.15, -0.1) is 0 Å². The van der Waals surface area contributed by atoms with Crippen molar-refractivity contribution in [3.63, 3.8) is 0 Å². The molecule has 1 aliphatic carbocycles. The molecule has 3 atom stereocenters. The van der Waals surface area contributed by atoms with Gasteiger partial charge in [0.2, 0.25) is 0 Å². The Morgan fingerprint density at radius 1 is 1.28 bits per heavy atom. The first kappa shape index (κ1) is 14.3. The van der Waals surface area contributed by atoms with Gasteiger partial charge < -0.3 is 10.5 Å². The highest BCUT2D eigenvalue weighted by atomic mass is 16.5. The highest BCUT2D eigenvalue weighted by molar-refractivity contribution is 5.00. The Hall–Kier alpha value is -0.120. The van der Waals surface area contributed by atoms with E-state index in [2.05, 4.69) is 32.6 Å². The second-order valence-corrected chi connectivity index (χ2v) is 7.16. The number of ether oxygens (including phenoxy) is 1. The normalized spacial score (nSPS) is 41.8. The number of hydrogen-bond acceptors (Lipinski definition) is 3. The lowest BCUT2D eigenvalue weighted by Crippen LogP contribution is -2.63. The van der Waals surface area contributed by atoms with Crippen LogP contribution in [0, 0.1) is 11.8 Å². The maximum Gasteiger partial charge on any atom is 0.0753 e. The van der Waals surface area contributed by atoms with Crippen molar-refractivity contribution in [3.8, 4) is 0 Å². The second kappa shape index (κ2) is 5.10. The molecule has 3 nitrogen and oxygen atoms in total. The van der Waals surface area contributed by atoms with Crippen LogP contribution in [0.3, 0.4) is 0 Å². The van der Waals surface area contributed by atoms with E-state index < -0.39 is 0 Å². The largest absolute Gasteiger partial charge is 0.373 e. The fraction of sp³-hybridized carbons (Fsp3) is 1.00. The molecule has 1 heterocycles. The summed E-state index contributed by atoms with van der Waals surface area (Å²) in [5.41, 5.74) is 6.39. The molecule has 3 unspecified atom stereocenters. The molecule has 2 N–H and O–H groups in total. The van der Waals surface area contributed by atoms with Crippen LogP contribution in [0.15, 0.2) is 0 Å². The zero-order chi connectivity index (χ0) is 13.4. The molecule has 106 valence electrons. The summed E-state index contributed by atoms with van der Waals surface area (Å²) >= 11 is 0. The predicted octanol–water partition coefficient (Wildman–Crippen LogP) is 2.25. The molecule has 18 heavy (non-hydrogen) atoms. The molecule has 0 aromatic heterocycles. The van der Waals surface area contributed by atoms with Crippen LogP contribution in [0.2, 0.25) is 0 Å². The third-order valence-corrected chi connectivity index (χ3v) is 5.21. The summed E-state index contributed by atoms with van der Waals surface area (Å²) in [7, 11) is 0. The van der Waals surface area contributed by atoms with Gasteiger partial charge in [-0.3, -0.25) is 4.90 Å². The van der Waals surface area contributed by atoms with Crippen molar-refractivity contribution >= 4 is 0 Å². The highest BCUT2D eigenvalue weighted by Gasteiger charge is 2.44. The van der Waals surface area contributed by atoms with E-state index in [1.807, 2.05) is 0 Å². The van der Waals surface area contributed by atoms with Crippen LogP contribution in [0.25, 0.3) is 0 Å². The van der Waals surface area contributed by atoms with Gasteiger partial charge in [-0.05, 0) is 44.9 Å². The van der Waals surface area contributed by atoms with Gasteiger partial charge in [0.05, 0.1) is 12.2 Å². The van der Waals surface area contributed by atoms with E-state index in [4.69, 9.17) is 10.5 Å². The number of morpholine rings is 1. The smallest absolute Gasteiger partial charge is 0.0753 e. The SMILES string of the molecule is CC1CCC(CN)(N2CCOC(C)(C)C2)CC1C. The molecule has 2 rings (SSSR count). The minimum absolute atomic E-state index is 0.0211. The topological polar surface area (TPSA) is 38.5 Å². The van der Waals surface area contributed by atoms with Gasteiger partial charge in [0, 0.05) is 25.2 Å². The lowest BCUT2D eigenvalue weighted by Gasteiger charge is -2.53. The number of nitrogens with two attached hydrogens (primary N) is 1. The van der Waals surface area contributed by atoms with Gasteiger partial charge in [0.1, 0.15) is 0 Å². The zero-order valence-electron chi connectivity index (χ0n) is 12.5. The molecule has 0 aromatic carbocycles. The number of hydrogen-bond donors (Lipinski definition) is 1. The van der Waals surface area contributed by atoms with Gasteiger partial charge in [-0.25, -0.2) is 0 Å². The average Bonchev–Trinajstić information content (AvgIpc) is 2.32. The second-order valence-electron chi connectivity index (χ2n) is 7.16. The molecule has 2 fully saturated rings. The fourth-order valence-corrected chi connectivity index (χ4v) is 3.71. The van der Waals surface area contributed by atoms with Gasteiger partial charge in [-0.2, -0.15) is 0 Å². The lowest BCUT2D eigenvalue weighted by molar-refractivity contribution is -0.126. The Labute approximate surface area is 112 Å². The first-order chi connectivity index (χ1) is 8.38. The first-order valence-electron chi connectivity index (χ1n) is 7.48. The van der Waals surface area contributed by atoms with Gasteiger partial charge >= 0.3 is 0 Å². The Kier molecular flexibility index (Phi) is 4.05. The Morgan fingerprint density at radius 3 is 2.56 bits per heavy atom. The molecule has 1 saturated heterocycles. The third-order valence-electron chi connectivity index (χ3n) is 5.21. The molecule has 0 bridgehead atoms. The summed E-state index contributed by atoms with van der Waals surface area (Å²) in [6.45, 7) is 12.9. The van der Waals surface area contributed by atoms with Crippen molar-refractivity contribution in [2.45, 2.75) is 58.1 Å². The summed E-state index contributed by atoms with van der Waals surface area (Å²) < 4.78 is 5.84. The molecule has 1 saturated carbocycles. The summed E-state index contributed by atoms with van der Waals surface area (Å²) in [6, 6.07) is 0.